The van der Waals surface area contributed by atoms with Crippen LogP contribution in [0.1, 0.15) is 35.8 Å². The minimum atomic E-state index is -0.443. The lowest BCUT2D eigenvalue weighted by molar-refractivity contribution is -0.120. The summed E-state index contributed by atoms with van der Waals surface area (Å²) < 4.78 is 6.58. The van der Waals surface area contributed by atoms with E-state index < -0.39 is 5.97 Å². The molecule has 1 amide bonds. The van der Waals surface area contributed by atoms with Gasteiger partial charge < -0.3 is 10.1 Å². The van der Waals surface area contributed by atoms with Crippen LogP contribution in [-0.2, 0) is 16.1 Å². The van der Waals surface area contributed by atoms with Crippen LogP contribution in [0.4, 0.5) is 5.69 Å². The van der Waals surface area contributed by atoms with Crippen molar-refractivity contribution in [3.8, 4) is 5.69 Å². The van der Waals surface area contributed by atoms with E-state index in [0.717, 1.165) is 37.3 Å². The lowest BCUT2D eigenvalue weighted by Gasteiger charge is -2.23. The Labute approximate surface area is 181 Å². The van der Waals surface area contributed by atoms with Crippen molar-refractivity contribution in [1.82, 2.24) is 14.7 Å². The van der Waals surface area contributed by atoms with Crippen molar-refractivity contribution in [2.75, 3.05) is 18.5 Å². The van der Waals surface area contributed by atoms with E-state index in [9.17, 15) is 9.59 Å². The quantitative estimate of drug-likeness (QED) is 0.593. The van der Waals surface area contributed by atoms with Crippen LogP contribution >= 0.6 is 0 Å². The number of ether oxygens (including phenoxy) is 1. The summed E-state index contributed by atoms with van der Waals surface area (Å²) >= 11 is 0. The predicted molar refractivity (Wildman–Crippen MR) is 118 cm³/mol. The topological polar surface area (TPSA) is 76.5 Å². The highest BCUT2D eigenvalue weighted by Gasteiger charge is 2.30. The lowest BCUT2D eigenvalue weighted by Crippen LogP contribution is -2.39. The summed E-state index contributed by atoms with van der Waals surface area (Å²) in [5.74, 6) is -0.424. The van der Waals surface area contributed by atoms with Gasteiger partial charge in [-0.1, -0.05) is 30.3 Å². The van der Waals surface area contributed by atoms with Gasteiger partial charge in [0.25, 0.3) is 0 Å². The van der Waals surface area contributed by atoms with Gasteiger partial charge in [-0.2, -0.15) is 5.10 Å². The number of nitrogens with zero attached hydrogens (tertiary/aromatic N) is 3. The summed E-state index contributed by atoms with van der Waals surface area (Å²) in [6, 6.07) is 19.1. The van der Waals surface area contributed by atoms with Crippen molar-refractivity contribution in [2.24, 2.45) is 0 Å². The average molecular weight is 418 g/mol. The van der Waals surface area contributed by atoms with Gasteiger partial charge in [0.1, 0.15) is 0 Å². The van der Waals surface area contributed by atoms with Gasteiger partial charge in [-0.25, -0.2) is 9.48 Å². The number of benzene rings is 2. The van der Waals surface area contributed by atoms with E-state index in [2.05, 4.69) is 27.4 Å². The highest BCUT2D eigenvalue weighted by atomic mass is 16.5. The summed E-state index contributed by atoms with van der Waals surface area (Å²) in [4.78, 5) is 26.9. The summed E-state index contributed by atoms with van der Waals surface area (Å²) in [6.45, 7) is 3.77. The maximum absolute atomic E-state index is 12.9. The summed E-state index contributed by atoms with van der Waals surface area (Å²) in [7, 11) is 0. The van der Waals surface area contributed by atoms with E-state index in [-0.39, 0.29) is 17.6 Å². The second-order valence-corrected chi connectivity index (χ2v) is 7.52. The molecule has 1 unspecified atom stereocenters. The number of amides is 1. The fraction of sp³-hybridized carbons (Fsp3) is 0.292. The third kappa shape index (κ3) is 5.00. The van der Waals surface area contributed by atoms with Gasteiger partial charge in [0.2, 0.25) is 5.91 Å². The first-order valence-corrected chi connectivity index (χ1v) is 10.6. The van der Waals surface area contributed by atoms with E-state index in [1.165, 1.54) is 5.56 Å². The van der Waals surface area contributed by atoms with E-state index in [4.69, 9.17) is 4.74 Å². The molecule has 1 aliphatic rings. The van der Waals surface area contributed by atoms with E-state index in [1.54, 1.807) is 23.9 Å². The van der Waals surface area contributed by atoms with Crippen LogP contribution < -0.4 is 5.32 Å². The smallest absolute Gasteiger partial charge is 0.358 e. The molecule has 0 spiro atoms. The summed E-state index contributed by atoms with van der Waals surface area (Å²) in [6.07, 6.45) is 3.59. The van der Waals surface area contributed by atoms with Crippen LogP contribution in [-0.4, -0.2) is 45.8 Å². The summed E-state index contributed by atoms with van der Waals surface area (Å²) in [5.41, 5.74) is 3.00. The molecule has 4 rings (SSSR count). The number of hydrogen-bond acceptors (Lipinski definition) is 5. The molecule has 1 saturated heterocycles. The van der Waals surface area contributed by atoms with Crippen LogP contribution in [0.5, 0.6) is 0 Å². The number of esters is 1. The molecule has 1 aliphatic heterocycles. The van der Waals surface area contributed by atoms with Crippen molar-refractivity contribution < 1.29 is 14.3 Å². The van der Waals surface area contributed by atoms with Crippen molar-refractivity contribution in [2.45, 2.75) is 32.4 Å². The van der Waals surface area contributed by atoms with Gasteiger partial charge in [0.15, 0.2) is 5.69 Å². The van der Waals surface area contributed by atoms with Crippen LogP contribution in [0.3, 0.4) is 0 Å². The molecule has 31 heavy (non-hydrogen) atoms. The standard InChI is InChI=1S/C24H26N4O3/c1-2-31-24(30)21-14-16-28(26-21)20-12-10-19(11-13-20)25-23(29)22-9-6-15-27(22)17-18-7-4-3-5-8-18/h3-5,7-8,10-14,16,22H,2,6,9,15,17H2,1H3,(H,25,29). The molecule has 1 fully saturated rings. The fourth-order valence-electron chi connectivity index (χ4n) is 3.83. The second kappa shape index (κ2) is 9.57. The highest BCUT2D eigenvalue weighted by molar-refractivity contribution is 5.95. The first kappa shape index (κ1) is 20.8. The Morgan fingerprint density at radius 1 is 1.10 bits per heavy atom. The first-order valence-electron chi connectivity index (χ1n) is 10.6. The summed E-state index contributed by atoms with van der Waals surface area (Å²) in [5, 5.41) is 7.28. The molecule has 0 aliphatic carbocycles. The van der Waals surface area contributed by atoms with Crippen molar-refractivity contribution in [3.63, 3.8) is 0 Å². The van der Waals surface area contributed by atoms with Gasteiger partial charge >= 0.3 is 5.97 Å². The molecule has 7 nitrogen and oxygen atoms in total. The van der Waals surface area contributed by atoms with Crippen molar-refractivity contribution in [3.05, 3.63) is 78.1 Å². The van der Waals surface area contributed by atoms with Crippen LogP contribution in [0.25, 0.3) is 5.69 Å². The van der Waals surface area contributed by atoms with E-state index in [1.807, 2.05) is 42.5 Å². The molecule has 1 atom stereocenters. The normalized spacial score (nSPS) is 16.2. The molecule has 1 aromatic heterocycles. The largest absolute Gasteiger partial charge is 0.461 e. The monoisotopic (exact) mass is 418 g/mol. The number of carbonyl (C=O) groups is 2. The van der Waals surface area contributed by atoms with Crippen molar-refractivity contribution in [1.29, 1.82) is 0 Å². The zero-order chi connectivity index (χ0) is 21.6. The third-order valence-corrected chi connectivity index (χ3v) is 5.37. The third-order valence-electron chi connectivity index (χ3n) is 5.37. The number of likely N-dealkylation sites (tertiary alicyclic amines) is 1. The number of anilines is 1. The molecular weight excluding hydrogens is 392 g/mol. The maximum Gasteiger partial charge on any atom is 0.358 e. The van der Waals surface area contributed by atoms with Gasteiger partial charge in [-0.05, 0) is 62.2 Å². The molecule has 160 valence electrons. The van der Waals surface area contributed by atoms with Gasteiger partial charge in [-0.15, -0.1) is 0 Å². The molecule has 0 saturated carbocycles. The SMILES string of the molecule is CCOC(=O)c1ccn(-c2ccc(NC(=O)C3CCCN3Cc3ccccc3)cc2)n1. The lowest BCUT2D eigenvalue weighted by atomic mass is 10.1. The van der Waals surface area contributed by atoms with Crippen LogP contribution in [0, 0.1) is 0 Å². The molecular formula is C24H26N4O3. The fourth-order valence-corrected chi connectivity index (χ4v) is 3.83. The van der Waals surface area contributed by atoms with E-state index >= 15 is 0 Å². The highest BCUT2D eigenvalue weighted by Crippen LogP contribution is 2.22. The first-order chi connectivity index (χ1) is 15.1. The second-order valence-electron chi connectivity index (χ2n) is 7.52. The molecule has 2 heterocycles. The maximum atomic E-state index is 12.9. The van der Waals surface area contributed by atoms with Gasteiger partial charge in [0, 0.05) is 18.4 Å². The van der Waals surface area contributed by atoms with Gasteiger partial charge in [0.05, 0.1) is 18.3 Å². The number of aromatic nitrogens is 2. The Balaban J connectivity index is 1.38. The number of rotatable bonds is 7. The van der Waals surface area contributed by atoms with Crippen LogP contribution in [0.15, 0.2) is 66.9 Å². The Kier molecular flexibility index (Phi) is 6.43. The Bertz CT molecular complexity index is 1030. The predicted octanol–water partition coefficient (Wildman–Crippen LogP) is 3.65. The minimum absolute atomic E-state index is 0.0184. The zero-order valence-electron chi connectivity index (χ0n) is 17.5. The molecule has 3 aromatic rings. The Morgan fingerprint density at radius 2 is 1.87 bits per heavy atom. The Morgan fingerprint density at radius 3 is 2.61 bits per heavy atom. The molecule has 0 bridgehead atoms. The molecule has 0 radical (unpaired) electrons. The zero-order valence-corrected chi connectivity index (χ0v) is 17.5. The minimum Gasteiger partial charge on any atom is -0.461 e. The number of hydrogen-bond donors (Lipinski definition) is 1. The van der Waals surface area contributed by atoms with Crippen LogP contribution in [0.2, 0.25) is 0 Å². The van der Waals surface area contributed by atoms with E-state index in [0.29, 0.717) is 6.61 Å². The average Bonchev–Trinajstić information content (AvgIpc) is 3.45. The number of carbonyl (C=O) groups excluding carboxylic acids is 2. The molecule has 1 N–H and O–H groups in total. The van der Waals surface area contributed by atoms with Crippen molar-refractivity contribution >= 4 is 17.6 Å². The molecule has 7 heteroatoms. The Hall–Kier alpha value is -3.45. The van der Waals surface area contributed by atoms with Gasteiger partial charge in [-0.3, -0.25) is 9.69 Å². The molecule has 2 aromatic carbocycles. The number of nitrogens with one attached hydrogen (secondary N) is 1.